The SMILES string of the molecule is O=C(c1ccc(S(=O)(=O)Nc2nccs2)cc1)N1CCSCC1c1ccccc1Cl. The van der Waals surface area contributed by atoms with E-state index in [1.807, 2.05) is 29.2 Å². The number of sulfonamides is 1. The number of thioether (sulfide) groups is 1. The van der Waals surface area contributed by atoms with E-state index >= 15 is 0 Å². The molecule has 1 saturated heterocycles. The first-order chi connectivity index (χ1) is 14.5. The molecule has 156 valence electrons. The van der Waals surface area contributed by atoms with Crippen molar-refractivity contribution in [3.8, 4) is 0 Å². The molecule has 1 aliphatic heterocycles. The third-order valence-corrected chi connectivity index (χ3v) is 8.26. The first-order valence-corrected chi connectivity index (χ1v) is 13.0. The summed E-state index contributed by atoms with van der Waals surface area (Å²) >= 11 is 9.36. The highest BCUT2D eigenvalue weighted by Gasteiger charge is 2.30. The number of halogens is 1. The number of benzene rings is 2. The number of thiazole rings is 1. The van der Waals surface area contributed by atoms with Crippen molar-refractivity contribution >= 4 is 55.8 Å². The van der Waals surface area contributed by atoms with E-state index in [2.05, 4.69) is 9.71 Å². The Morgan fingerprint density at radius 3 is 2.63 bits per heavy atom. The molecule has 0 saturated carbocycles. The van der Waals surface area contributed by atoms with Crippen LogP contribution in [0.25, 0.3) is 0 Å². The van der Waals surface area contributed by atoms with E-state index in [0.29, 0.717) is 22.3 Å². The normalized spacial score (nSPS) is 17.0. The highest BCUT2D eigenvalue weighted by atomic mass is 35.5. The number of hydrogen-bond donors (Lipinski definition) is 1. The number of nitrogens with zero attached hydrogens (tertiary/aromatic N) is 2. The maximum Gasteiger partial charge on any atom is 0.263 e. The molecule has 2 heterocycles. The van der Waals surface area contributed by atoms with Gasteiger partial charge in [-0.3, -0.25) is 9.52 Å². The van der Waals surface area contributed by atoms with Gasteiger partial charge in [-0.1, -0.05) is 29.8 Å². The molecular weight excluding hydrogens is 462 g/mol. The molecule has 3 aromatic rings. The van der Waals surface area contributed by atoms with E-state index in [-0.39, 0.29) is 16.8 Å². The lowest BCUT2D eigenvalue weighted by Crippen LogP contribution is -2.40. The van der Waals surface area contributed by atoms with E-state index in [1.54, 1.807) is 29.3 Å². The average Bonchev–Trinajstić information content (AvgIpc) is 3.26. The Kier molecular flexibility index (Phi) is 6.33. The van der Waals surface area contributed by atoms with E-state index in [4.69, 9.17) is 11.6 Å². The van der Waals surface area contributed by atoms with Crippen LogP contribution < -0.4 is 4.72 Å². The summed E-state index contributed by atoms with van der Waals surface area (Å²) in [5, 5.41) is 2.62. The molecule has 1 aromatic heterocycles. The summed E-state index contributed by atoms with van der Waals surface area (Å²) in [6.07, 6.45) is 1.52. The standard InChI is InChI=1S/C20H18ClN3O3S3/c21-17-4-2-1-3-16(17)18-13-28-12-10-24(18)19(25)14-5-7-15(8-6-14)30(26,27)23-20-22-9-11-29-20/h1-9,11,18H,10,12-13H2,(H,22,23). The first kappa shape index (κ1) is 21.2. The van der Waals surface area contributed by atoms with Crippen LogP contribution >= 0.6 is 34.7 Å². The summed E-state index contributed by atoms with van der Waals surface area (Å²) in [4.78, 5) is 19.0. The Bertz CT molecular complexity index is 1140. The van der Waals surface area contributed by atoms with Gasteiger partial charge in [-0.2, -0.15) is 11.8 Å². The highest BCUT2D eigenvalue weighted by molar-refractivity contribution is 7.99. The maximum atomic E-state index is 13.2. The zero-order chi connectivity index (χ0) is 21.1. The van der Waals surface area contributed by atoms with Crippen molar-refractivity contribution in [3.63, 3.8) is 0 Å². The summed E-state index contributed by atoms with van der Waals surface area (Å²) in [5.74, 6) is 1.47. The molecule has 2 aromatic carbocycles. The third-order valence-electron chi connectivity index (χ3n) is 4.72. The predicted octanol–water partition coefficient (Wildman–Crippen LogP) is 4.53. The van der Waals surface area contributed by atoms with Crippen molar-refractivity contribution in [1.29, 1.82) is 0 Å². The van der Waals surface area contributed by atoms with Crippen LogP contribution in [0.3, 0.4) is 0 Å². The molecule has 1 fully saturated rings. The van der Waals surface area contributed by atoms with Crippen LogP contribution in [0, 0.1) is 0 Å². The topological polar surface area (TPSA) is 79.4 Å². The van der Waals surface area contributed by atoms with Crippen LogP contribution in [0.1, 0.15) is 22.0 Å². The fourth-order valence-electron chi connectivity index (χ4n) is 3.24. The van der Waals surface area contributed by atoms with E-state index in [1.165, 1.54) is 29.7 Å². The number of carbonyl (C=O) groups excluding carboxylic acids is 1. The lowest BCUT2D eigenvalue weighted by molar-refractivity contribution is 0.0701. The summed E-state index contributed by atoms with van der Waals surface area (Å²) in [5.41, 5.74) is 1.36. The molecule has 0 bridgehead atoms. The van der Waals surface area contributed by atoms with Gasteiger partial charge >= 0.3 is 0 Å². The molecule has 1 N–H and O–H groups in total. The van der Waals surface area contributed by atoms with Crippen LogP contribution in [0.5, 0.6) is 0 Å². The summed E-state index contributed by atoms with van der Waals surface area (Å²) < 4.78 is 27.4. The molecule has 0 aliphatic carbocycles. The van der Waals surface area contributed by atoms with Gasteiger partial charge in [0.05, 0.1) is 10.9 Å². The van der Waals surface area contributed by atoms with Crippen LogP contribution in [-0.2, 0) is 10.0 Å². The maximum absolute atomic E-state index is 13.2. The van der Waals surface area contributed by atoms with Gasteiger partial charge in [0.15, 0.2) is 5.13 Å². The monoisotopic (exact) mass is 479 g/mol. The molecule has 30 heavy (non-hydrogen) atoms. The number of amides is 1. The average molecular weight is 480 g/mol. The Labute approximate surface area is 188 Å². The number of hydrogen-bond acceptors (Lipinski definition) is 6. The van der Waals surface area contributed by atoms with Gasteiger partial charge in [-0.05, 0) is 35.9 Å². The van der Waals surface area contributed by atoms with Crippen molar-refractivity contribution in [2.24, 2.45) is 0 Å². The van der Waals surface area contributed by atoms with Gasteiger partial charge in [0, 0.05) is 40.2 Å². The molecule has 10 heteroatoms. The Morgan fingerprint density at radius 1 is 1.17 bits per heavy atom. The fourth-order valence-corrected chi connectivity index (χ4v) is 6.37. The molecule has 0 radical (unpaired) electrons. The van der Waals surface area contributed by atoms with Crippen LogP contribution in [-0.4, -0.2) is 42.3 Å². The Hall–Kier alpha value is -2.07. The van der Waals surface area contributed by atoms with Crippen LogP contribution in [0.15, 0.2) is 65.0 Å². The third kappa shape index (κ3) is 4.49. The summed E-state index contributed by atoms with van der Waals surface area (Å²) in [6, 6.07) is 13.4. The fraction of sp³-hybridized carbons (Fsp3) is 0.200. The van der Waals surface area contributed by atoms with Crippen molar-refractivity contribution in [2.45, 2.75) is 10.9 Å². The molecule has 0 spiro atoms. The lowest BCUT2D eigenvalue weighted by atomic mass is 10.0. The quantitative estimate of drug-likeness (QED) is 0.581. The highest BCUT2D eigenvalue weighted by Crippen LogP contribution is 2.34. The molecule has 1 aliphatic rings. The molecule has 6 nitrogen and oxygen atoms in total. The molecular formula is C20H18ClN3O3S3. The predicted molar refractivity (Wildman–Crippen MR) is 122 cm³/mol. The van der Waals surface area contributed by atoms with Gasteiger partial charge in [-0.25, -0.2) is 13.4 Å². The molecule has 4 rings (SSSR count). The first-order valence-electron chi connectivity index (χ1n) is 9.11. The smallest absolute Gasteiger partial charge is 0.263 e. The second-order valence-corrected chi connectivity index (χ2v) is 10.7. The zero-order valence-electron chi connectivity index (χ0n) is 15.7. The molecule has 1 amide bonds. The summed E-state index contributed by atoms with van der Waals surface area (Å²) in [7, 11) is -3.76. The van der Waals surface area contributed by atoms with Crippen molar-refractivity contribution < 1.29 is 13.2 Å². The largest absolute Gasteiger partial charge is 0.330 e. The van der Waals surface area contributed by atoms with Gasteiger partial charge in [0.25, 0.3) is 15.9 Å². The molecule has 1 unspecified atom stereocenters. The number of nitrogens with one attached hydrogen (secondary N) is 1. The van der Waals surface area contributed by atoms with Crippen molar-refractivity contribution in [3.05, 3.63) is 76.3 Å². The van der Waals surface area contributed by atoms with Gasteiger partial charge in [0.2, 0.25) is 0 Å². The summed E-state index contributed by atoms with van der Waals surface area (Å²) in [6.45, 7) is 0.602. The zero-order valence-corrected chi connectivity index (χ0v) is 18.9. The van der Waals surface area contributed by atoms with Crippen molar-refractivity contribution in [1.82, 2.24) is 9.88 Å². The second-order valence-electron chi connectivity index (χ2n) is 6.58. The van der Waals surface area contributed by atoms with Crippen LogP contribution in [0.4, 0.5) is 5.13 Å². The lowest BCUT2D eigenvalue weighted by Gasteiger charge is -2.36. The number of rotatable bonds is 5. The minimum atomic E-state index is -3.76. The number of aromatic nitrogens is 1. The van der Waals surface area contributed by atoms with Gasteiger partial charge in [0.1, 0.15) is 0 Å². The Morgan fingerprint density at radius 2 is 1.93 bits per heavy atom. The number of anilines is 1. The van der Waals surface area contributed by atoms with E-state index in [9.17, 15) is 13.2 Å². The van der Waals surface area contributed by atoms with Gasteiger partial charge in [-0.15, -0.1) is 11.3 Å². The minimum absolute atomic E-state index is 0.0751. The van der Waals surface area contributed by atoms with Crippen LogP contribution in [0.2, 0.25) is 5.02 Å². The van der Waals surface area contributed by atoms with E-state index < -0.39 is 10.0 Å². The van der Waals surface area contributed by atoms with Gasteiger partial charge < -0.3 is 4.90 Å². The van der Waals surface area contributed by atoms with Crippen molar-refractivity contribution in [2.75, 3.05) is 22.8 Å². The minimum Gasteiger partial charge on any atom is -0.330 e. The van der Waals surface area contributed by atoms with E-state index in [0.717, 1.165) is 17.1 Å². The second kappa shape index (κ2) is 8.97. The number of carbonyl (C=O) groups is 1. The Balaban J connectivity index is 1.56. The molecule has 1 atom stereocenters.